The molecule has 6 heteroatoms. The number of halogens is 2. The summed E-state index contributed by atoms with van der Waals surface area (Å²) in [6, 6.07) is 3.24. The standard InChI is InChI=1S/C15H17ClFNO3/c1-2-3-7-13(15(20)21)18-14(19)9-8-10-11(16)5-4-6-12(10)17/h4-6,8-9,13H,2-3,7H2,1H3,(H,18,19)(H,20,21)/b9-8+. The van der Waals surface area contributed by atoms with E-state index in [1.165, 1.54) is 24.3 Å². The quantitative estimate of drug-likeness (QED) is 0.759. The van der Waals surface area contributed by atoms with Crippen LogP contribution in [0.5, 0.6) is 0 Å². The highest BCUT2D eigenvalue weighted by molar-refractivity contribution is 6.32. The zero-order valence-electron chi connectivity index (χ0n) is 11.6. The van der Waals surface area contributed by atoms with Gasteiger partial charge in [-0.3, -0.25) is 4.79 Å². The number of carbonyl (C=O) groups is 2. The van der Waals surface area contributed by atoms with E-state index in [-0.39, 0.29) is 10.6 Å². The van der Waals surface area contributed by atoms with E-state index in [0.717, 1.165) is 12.5 Å². The monoisotopic (exact) mass is 313 g/mol. The maximum atomic E-state index is 13.5. The van der Waals surface area contributed by atoms with E-state index < -0.39 is 23.7 Å². The number of carbonyl (C=O) groups excluding carboxylic acids is 1. The van der Waals surface area contributed by atoms with Crippen LogP contribution < -0.4 is 5.32 Å². The normalized spacial score (nSPS) is 12.3. The molecule has 0 fully saturated rings. The summed E-state index contributed by atoms with van der Waals surface area (Å²) in [4.78, 5) is 22.7. The number of nitrogens with one attached hydrogen (secondary N) is 1. The average molecular weight is 314 g/mol. The van der Waals surface area contributed by atoms with Crippen LogP contribution >= 0.6 is 11.6 Å². The fourth-order valence-electron chi connectivity index (χ4n) is 1.71. The lowest BCUT2D eigenvalue weighted by Gasteiger charge is -2.12. The highest BCUT2D eigenvalue weighted by Crippen LogP contribution is 2.20. The second kappa shape index (κ2) is 8.42. The van der Waals surface area contributed by atoms with Gasteiger partial charge < -0.3 is 10.4 Å². The van der Waals surface area contributed by atoms with E-state index in [0.29, 0.717) is 12.8 Å². The molecule has 1 amide bonds. The SMILES string of the molecule is CCCCC(NC(=O)/C=C/c1c(F)cccc1Cl)C(=O)O. The lowest BCUT2D eigenvalue weighted by atomic mass is 10.1. The molecular weight excluding hydrogens is 297 g/mol. The molecule has 1 aromatic carbocycles. The van der Waals surface area contributed by atoms with E-state index in [9.17, 15) is 14.0 Å². The summed E-state index contributed by atoms with van der Waals surface area (Å²) >= 11 is 5.82. The van der Waals surface area contributed by atoms with Gasteiger partial charge in [0.2, 0.25) is 5.91 Å². The fourth-order valence-corrected chi connectivity index (χ4v) is 1.94. The minimum Gasteiger partial charge on any atom is -0.480 e. The highest BCUT2D eigenvalue weighted by atomic mass is 35.5. The van der Waals surface area contributed by atoms with Crippen LogP contribution in [0.25, 0.3) is 6.08 Å². The molecule has 0 radical (unpaired) electrons. The van der Waals surface area contributed by atoms with Gasteiger partial charge in [0.25, 0.3) is 0 Å². The van der Waals surface area contributed by atoms with Gasteiger partial charge in [-0.25, -0.2) is 9.18 Å². The van der Waals surface area contributed by atoms with Crippen molar-refractivity contribution in [3.8, 4) is 0 Å². The predicted octanol–water partition coefficient (Wildman–Crippen LogP) is 3.25. The van der Waals surface area contributed by atoms with Gasteiger partial charge in [-0.05, 0) is 24.6 Å². The Hall–Kier alpha value is -1.88. The van der Waals surface area contributed by atoms with E-state index in [1.807, 2.05) is 6.92 Å². The largest absolute Gasteiger partial charge is 0.480 e. The summed E-state index contributed by atoms with van der Waals surface area (Å²) in [6.07, 6.45) is 4.18. The van der Waals surface area contributed by atoms with Crippen molar-refractivity contribution in [3.05, 3.63) is 40.7 Å². The van der Waals surface area contributed by atoms with E-state index in [1.54, 1.807) is 0 Å². The molecule has 114 valence electrons. The molecule has 2 N–H and O–H groups in total. The predicted molar refractivity (Wildman–Crippen MR) is 79.5 cm³/mol. The summed E-state index contributed by atoms with van der Waals surface area (Å²) in [5.41, 5.74) is 0.0924. The third-order valence-corrected chi connectivity index (χ3v) is 3.19. The summed E-state index contributed by atoms with van der Waals surface area (Å²) in [7, 11) is 0. The van der Waals surface area contributed by atoms with Gasteiger partial charge >= 0.3 is 5.97 Å². The Bertz CT molecular complexity index is 525. The highest BCUT2D eigenvalue weighted by Gasteiger charge is 2.17. The Morgan fingerprint density at radius 1 is 1.48 bits per heavy atom. The molecular formula is C15H17ClFNO3. The van der Waals surface area contributed by atoms with E-state index >= 15 is 0 Å². The first-order chi connectivity index (χ1) is 9.95. The number of benzene rings is 1. The third-order valence-electron chi connectivity index (χ3n) is 2.86. The van der Waals surface area contributed by atoms with Crippen molar-refractivity contribution in [2.75, 3.05) is 0 Å². The molecule has 1 aromatic rings. The molecule has 0 aliphatic carbocycles. The molecule has 0 saturated carbocycles. The van der Waals surface area contributed by atoms with Crippen LogP contribution in [0, 0.1) is 5.82 Å². The number of aliphatic carboxylic acids is 1. The number of hydrogen-bond acceptors (Lipinski definition) is 2. The summed E-state index contributed by atoms with van der Waals surface area (Å²) in [5, 5.41) is 11.6. The Balaban J connectivity index is 2.71. The van der Waals surface area contributed by atoms with Crippen LogP contribution in [0.4, 0.5) is 4.39 Å². The van der Waals surface area contributed by atoms with Gasteiger partial charge in [0, 0.05) is 11.6 Å². The molecule has 0 aliphatic rings. The van der Waals surface area contributed by atoms with Crippen molar-refractivity contribution in [2.45, 2.75) is 32.2 Å². The minimum atomic E-state index is -1.09. The van der Waals surface area contributed by atoms with Crippen molar-refractivity contribution in [3.63, 3.8) is 0 Å². The molecule has 1 unspecified atom stereocenters. The minimum absolute atomic E-state index is 0.0924. The number of amides is 1. The molecule has 0 saturated heterocycles. The third kappa shape index (κ3) is 5.55. The maximum absolute atomic E-state index is 13.5. The lowest BCUT2D eigenvalue weighted by Crippen LogP contribution is -2.39. The molecule has 4 nitrogen and oxygen atoms in total. The molecule has 1 rings (SSSR count). The van der Waals surface area contributed by atoms with Gasteiger partial charge in [-0.15, -0.1) is 0 Å². The Kier molecular flexibility index (Phi) is 6.88. The van der Waals surface area contributed by atoms with Crippen molar-refractivity contribution in [1.82, 2.24) is 5.32 Å². The zero-order chi connectivity index (χ0) is 15.8. The van der Waals surface area contributed by atoms with E-state index in [4.69, 9.17) is 16.7 Å². The van der Waals surface area contributed by atoms with Crippen molar-refractivity contribution in [2.24, 2.45) is 0 Å². The van der Waals surface area contributed by atoms with Gasteiger partial charge in [-0.1, -0.05) is 37.4 Å². The van der Waals surface area contributed by atoms with Gasteiger partial charge in [0.05, 0.1) is 5.02 Å². The van der Waals surface area contributed by atoms with E-state index in [2.05, 4.69) is 5.32 Å². The smallest absolute Gasteiger partial charge is 0.326 e. The summed E-state index contributed by atoms with van der Waals surface area (Å²) in [6.45, 7) is 1.93. The number of carboxylic acid groups (broad SMARTS) is 1. The molecule has 21 heavy (non-hydrogen) atoms. The summed E-state index contributed by atoms with van der Waals surface area (Å²) in [5.74, 6) is -2.24. The number of unbranched alkanes of at least 4 members (excludes halogenated alkanes) is 1. The van der Waals surface area contributed by atoms with Crippen LogP contribution in [-0.2, 0) is 9.59 Å². The second-order valence-electron chi connectivity index (χ2n) is 4.51. The van der Waals surface area contributed by atoms with Gasteiger partial charge in [0.1, 0.15) is 11.9 Å². The molecule has 0 heterocycles. The molecule has 1 atom stereocenters. The first kappa shape index (κ1) is 17.2. The number of carboxylic acids is 1. The van der Waals surface area contributed by atoms with Crippen LogP contribution in [0.2, 0.25) is 5.02 Å². The van der Waals surface area contributed by atoms with Crippen molar-refractivity contribution in [1.29, 1.82) is 0 Å². The fraction of sp³-hybridized carbons (Fsp3) is 0.333. The van der Waals surface area contributed by atoms with Crippen molar-refractivity contribution >= 4 is 29.6 Å². The Labute approximate surface area is 127 Å². The number of rotatable bonds is 7. The molecule has 0 aromatic heterocycles. The van der Waals surface area contributed by atoms with Crippen LogP contribution in [0.3, 0.4) is 0 Å². The Morgan fingerprint density at radius 3 is 2.76 bits per heavy atom. The molecule has 0 aliphatic heterocycles. The van der Waals surface area contributed by atoms with Crippen LogP contribution in [-0.4, -0.2) is 23.0 Å². The maximum Gasteiger partial charge on any atom is 0.326 e. The van der Waals surface area contributed by atoms with Gasteiger partial charge in [-0.2, -0.15) is 0 Å². The topological polar surface area (TPSA) is 66.4 Å². The van der Waals surface area contributed by atoms with Gasteiger partial charge in [0.15, 0.2) is 0 Å². The number of hydrogen-bond donors (Lipinski definition) is 2. The first-order valence-corrected chi connectivity index (χ1v) is 6.99. The van der Waals surface area contributed by atoms with Crippen LogP contribution in [0.15, 0.2) is 24.3 Å². The molecule has 0 spiro atoms. The Morgan fingerprint density at radius 2 is 2.19 bits per heavy atom. The summed E-state index contributed by atoms with van der Waals surface area (Å²) < 4.78 is 13.5. The lowest BCUT2D eigenvalue weighted by molar-refractivity contribution is -0.141. The molecule has 0 bridgehead atoms. The van der Waals surface area contributed by atoms with Crippen molar-refractivity contribution < 1.29 is 19.1 Å². The first-order valence-electron chi connectivity index (χ1n) is 6.61. The second-order valence-corrected chi connectivity index (χ2v) is 4.92. The van der Waals surface area contributed by atoms with Crippen LogP contribution in [0.1, 0.15) is 31.7 Å². The average Bonchev–Trinajstić information content (AvgIpc) is 2.42. The zero-order valence-corrected chi connectivity index (χ0v) is 12.4.